The molecule has 0 amide bonds. The number of carbonyl (C=O) groups excluding carboxylic acids is 1. The second-order valence-electron chi connectivity index (χ2n) is 3.66. The van der Waals surface area contributed by atoms with Crippen LogP contribution in [0.5, 0.6) is 0 Å². The van der Waals surface area contributed by atoms with E-state index < -0.39 is 0 Å². The average molecular weight is 186 g/mol. The van der Waals surface area contributed by atoms with Gasteiger partial charge < -0.3 is 5.73 Å². The molecule has 0 atom stereocenters. The number of anilines is 1. The Bertz CT molecular complexity index is 427. The largest absolute Gasteiger partial charge is 0.398 e. The van der Waals surface area contributed by atoms with E-state index in [1.54, 1.807) is 12.1 Å². The fourth-order valence-electron chi connectivity index (χ4n) is 1.57. The Morgan fingerprint density at radius 3 is 2.64 bits per heavy atom. The molecule has 1 aliphatic carbocycles. The van der Waals surface area contributed by atoms with Crippen LogP contribution in [0.25, 0.3) is 0 Å². The molecular formula is C11H10N2O. The first-order valence-electron chi connectivity index (χ1n) is 4.48. The summed E-state index contributed by atoms with van der Waals surface area (Å²) in [6.07, 6.45) is 2.51. The van der Waals surface area contributed by atoms with Crippen molar-refractivity contribution in [2.45, 2.75) is 18.3 Å². The Kier molecular flexibility index (Phi) is 1.78. The first-order chi connectivity index (χ1) is 6.72. The van der Waals surface area contributed by atoms with Crippen molar-refractivity contribution in [2.75, 3.05) is 5.73 Å². The molecule has 3 heteroatoms. The highest BCUT2D eigenvalue weighted by Crippen LogP contribution is 2.47. The lowest BCUT2D eigenvalue weighted by atomic mass is 9.96. The van der Waals surface area contributed by atoms with Gasteiger partial charge in [-0.25, -0.2) is 0 Å². The van der Waals surface area contributed by atoms with Gasteiger partial charge in [-0.3, -0.25) is 4.79 Å². The average Bonchev–Trinajstić information content (AvgIpc) is 2.98. The Balaban J connectivity index is 2.44. The highest BCUT2D eigenvalue weighted by molar-refractivity contribution is 5.83. The lowest BCUT2D eigenvalue weighted by Crippen LogP contribution is -2.04. The highest BCUT2D eigenvalue weighted by Gasteiger charge is 2.44. The van der Waals surface area contributed by atoms with Crippen LogP contribution in [-0.2, 0) is 5.41 Å². The maximum absolute atomic E-state index is 10.5. The Hall–Kier alpha value is -1.82. The van der Waals surface area contributed by atoms with Gasteiger partial charge in [0.05, 0.1) is 11.5 Å². The van der Waals surface area contributed by atoms with Crippen molar-refractivity contribution in [3.05, 3.63) is 29.3 Å². The topological polar surface area (TPSA) is 66.9 Å². The molecule has 3 nitrogen and oxygen atoms in total. The number of rotatable bonds is 2. The third-order valence-electron chi connectivity index (χ3n) is 2.73. The summed E-state index contributed by atoms with van der Waals surface area (Å²) in [6.45, 7) is 0. The van der Waals surface area contributed by atoms with Gasteiger partial charge in [-0.1, -0.05) is 6.07 Å². The SMILES string of the molecule is N#CC1(c2ccc(C=O)c(N)c2)CC1. The standard InChI is InChI=1S/C11H10N2O/c12-7-11(3-4-11)9-2-1-8(6-14)10(13)5-9/h1-2,5-6H,3-4,13H2. The fourth-order valence-corrected chi connectivity index (χ4v) is 1.57. The molecule has 1 saturated carbocycles. The number of carbonyl (C=O) groups is 1. The quantitative estimate of drug-likeness (QED) is 0.564. The molecule has 1 fully saturated rings. The number of nitrogens with two attached hydrogens (primary N) is 1. The van der Waals surface area contributed by atoms with Crippen molar-refractivity contribution >= 4 is 12.0 Å². The summed E-state index contributed by atoms with van der Waals surface area (Å²) in [7, 11) is 0. The van der Waals surface area contributed by atoms with E-state index in [4.69, 9.17) is 11.0 Å². The van der Waals surface area contributed by atoms with E-state index in [1.165, 1.54) is 0 Å². The monoisotopic (exact) mass is 186 g/mol. The van der Waals surface area contributed by atoms with E-state index in [-0.39, 0.29) is 5.41 Å². The molecule has 14 heavy (non-hydrogen) atoms. The number of nitriles is 1. The van der Waals surface area contributed by atoms with Crippen molar-refractivity contribution in [1.29, 1.82) is 5.26 Å². The molecule has 1 aromatic carbocycles. The zero-order chi connectivity index (χ0) is 10.2. The molecule has 2 N–H and O–H groups in total. The fraction of sp³-hybridized carbons (Fsp3) is 0.273. The number of nitrogen functional groups attached to an aromatic ring is 1. The molecule has 0 bridgehead atoms. The first kappa shape index (κ1) is 8.76. The number of hydrogen-bond donors (Lipinski definition) is 1. The summed E-state index contributed by atoms with van der Waals surface area (Å²) in [5, 5.41) is 8.97. The predicted octanol–water partition coefficient (Wildman–Crippen LogP) is 1.64. The van der Waals surface area contributed by atoms with E-state index in [9.17, 15) is 4.79 Å². The zero-order valence-corrected chi connectivity index (χ0v) is 7.66. The minimum Gasteiger partial charge on any atom is -0.398 e. The number of aldehydes is 1. The minimum absolute atomic E-state index is 0.324. The van der Waals surface area contributed by atoms with Crippen molar-refractivity contribution in [2.24, 2.45) is 0 Å². The number of hydrogen-bond acceptors (Lipinski definition) is 3. The summed E-state index contributed by atoms with van der Waals surface area (Å²) in [5.74, 6) is 0. The van der Waals surface area contributed by atoms with Crippen molar-refractivity contribution in [3.8, 4) is 6.07 Å². The maximum Gasteiger partial charge on any atom is 0.152 e. The second-order valence-corrected chi connectivity index (χ2v) is 3.66. The van der Waals surface area contributed by atoms with Gasteiger partial charge >= 0.3 is 0 Å². The van der Waals surface area contributed by atoms with Crippen LogP contribution < -0.4 is 5.73 Å². The molecule has 0 spiro atoms. The lowest BCUT2D eigenvalue weighted by Gasteiger charge is -2.07. The summed E-state index contributed by atoms with van der Waals surface area (Å²) < 4.78 is 0. The van der Waals surface area contributed by atoms with Crippen LogP contribution in [0.2, 0.25) is 0 Å². The van der Waals surface area contributed by atoms with Gasteiger partial charge in [-0.05, 0) is 30.5 Å². The van der Waals surface area contributed by atoms with Gasteiger partial charge in [0.2, 0.25) is 0 Å². The summed E-state index contributed by atoms with van der Waals surface area (Å²) in [5.41, 5.74) is 7.23. The van der Waals surface area contributed by atoms with E-state index in [2.05, 4.69) is 6.07 Å². The highest BCUT2D eigenvalue weighted by atomic mass is 16.1. The Labute approximate surface area is 82.1 Å². The normalized spacial score (nSPS) is 17.1. The Morgan fingerprint density at radius 2 is 2.21 bits per heavy atom. The maximum atomic E-state index is 10.5. The van der Waals surface area contributed by atoms with Crippen LogP contribution in [0.1, 0.15) is 28.8 Å². The van der Waals surface area contributed by atoms with Crippen LogP contribution >= 0.6 is 0 Å². The molecule has 0 heterocycles. The summed E-state index contributed by atoms with van der Waals surface area (Å²) in [4.78, 5) is 10.5. The van der Waals surface area contributed by atoms with Crippen LogP contribution in [-0.4, -0.2) is 6.29 Å². The smallest absolute Gasteiger partial charge is 0.152 e. The zero-order valence-electron chi connectivity index (χ0n) is 7.66. The first-order valence-corrected chi connectivity index (χ1v) is 4.48. The molecule has 0 saturated heterocycles. The predicted molar refractivity (Wildman–Crippen MR) is 52.8 cm³/mol. The van der Waals surface area contributed by atoms with Crippen molar-refractivity contribution in [3.63, 3.8) is 0 Å². The van der Waals surface area contributed by atoms with E-state index in [0.29, 0.717) is 11.3 Å². The third-order valence-corrected chi connectivity index (χ3v) is 2.73. The van der Waals surface area contributed by atoms with E-state index in [1.807, 2.05) is 6.07 Å². The number of benzene rings is 1. The Morgan fingerprint density at radius 1 is 1.50 bits per heavy atom. The molecule has 0 radical (unpaired) electrons. The van der Waals surface area contributed by atoms with E-state index in [0.717, 1.165) is 24.7 Å². The van der Waals surface area contributed by atoms with Gasteiger partial charge in [0.1, 0.15) is 0 Å². The summed E-state index contributed by atoms with van der Waals surface area (Å²) in [6, 6.07) is 7.52. The van der Waals surface area contributed by atoms with E-state index >= 15 is 0 Å². The molecule has 1 aromatic rings. The van der Waals surface area contributed by atoms with Gasteiger partial charge in [0.15, 0.2) is 6.29 Å². The van der Waals surface area contributed by atoms with Gasteiger partial charge in [0.25, 0.3) is 0 Å². The molecule has 70 valence electrons. The molecular weight excluding hydrogens is 176 g/mol. The van der Waals surface area contributed by atoms with Gasteiger partial charge in [0, 0.05) is 11.3 Å². The van der Waals surface area contributed by atoms with Crippen LogP contribution in [0.3, 0.4) is 0 Å². The van der Waals surface area contributed by atoms with Crippen molar-refractivity contribution in [1.82, 2.24) is 0 Å². The molecule has 1 aliphatic rings. The molecule has 0 aliphatic heterocycles. The second kappa shape index (κ2) is 2.85. The van der Waals surface area contributed by atoms with Crippen molar-refractivity contribution < 1.29 is 4.79 Å². The minimum atomic E-state index is -0.324. The van der Waals surface area contributed by atoms with Crippen LogP contribution in [0, 0.1) is 11.3 Å². The van der Waals surface area contributed by atoms with Gasteiger partial charge in [-0.2, -0.15) is 5.26 Å². The molecule has 2 rings (SSSR count). The number of nitrogens with zero attached hydrogens (tertiary/aromatic N) is 1. The molecule has 0 aromatic heterocycles. The van der Waals surface area contributed by atoms with Crippen LogP contribution in [0.4, 0.5) is 5.69 Å². The summed E-state index contributed by atoms with van der Waals surface area (Å²) >= 11 is 0. The van der Waals surface area contributed by atoms with Gasteiger partial charge in [-0.15, -0.1) is 0 Å². The molecule has 0 unspecified atom stereocenters. The van der Waals surface area contributed by atoms with Crippen LogP contribution in [0.15, 0.2) is 18.2 Å². The lowest BCUT2D eigenvalue weighted by molar-refractivity contribution is 0.112. The third kappa shape index (κ3) is 1.16.